The fourth-order valence-electron chi connectivity index (χ4n) is 3.41. The molecule has 12 nitrogen and oxygen atoms in total. The lowest BCUT2D eigenvalue weighted by atomic mass is 9.96. The topological polar surface area (TPSA) is 162 Å². The maximum atomic E-state index is 11.1. The van der Waals surface area contributed by atoms with Crippen LogP contribution in [-0.4, -0.2) is 64.1 Å². The van der Waals surface area contributed by atoms with Crippen LogP contribution in [0.5, 0.6) is 0 Å². The number of rotatable bonds is 3. The average molecular weight is 427 g/mol. The van der Waals surface area contributed by atoms with Gasteiger partial charge in [-0.3, -0.25) is 0 Å². The molecule has 1 aliphatic heterocycles. The van der Waals surface area contributed by atoms with Gasteiger partial charge in [0.05, 0.1) is 6.20 Å². The van der Waals surface area contributed by atoms with Crippen LogP contribution in [0.4, 0.5) is 10.6 Å². The van der Waals surface area contributed by atoms with Crippen molar-refractivity contribution in [3.05, 3.63) is 17.9 Å². The fraction of sp³-hybridized carbons (Fsp3) is 0.526. The van der Waals surface area contributed by atoms with Crippen molar-refractivity contribution in [1.29, 1.82) is 0 Å². The van der Waals surface area contributed by atoms with Crippen molar-refractivity contribution in [3.63, 3.8) is 0 Å². The Kier molecular flexibility index (Phi) is 5.07. The first-order valence-corrected chi connectivity index (χ1v) is 9.99. The minimum absolute atomic E-state index is 0.0852. The summed E-state index contributed by atoms with van der Waals surface area (Å²) in [4.78, 5) is 26.0. The molecule has 1 aliphatic rings. The van der Waals surface area contributed by atoms with E-state index in [2.05, 4.69) is 30.2 Å². The summed E-state index contributed by atoms with van der Waals surface area (Å²) in [6, 6.07) is 0. The molecule has 4 heterocycles. The van der Waals surface area contributed by atoms with Crippen molar-refractivity contribution in [2.75, 3.05) is 18.8 Å². The molecule has 0 saturated carbocycles. The van der Waals surface area contributed by atoms with Crippen LogP contribution in [0, 0.1) is 0 Å². The number of likely N-dealkylation sites (tertiary alicyclic amines) is 1. The lowest BCUT2D eigenvalue weighted by molar-refractivity contribution is 0.131. The molecule has 1 amide bonds. The lowest BCUT2D eigenvalue weighted by Gasteiger charge is -2.28. The minimum atomic E-state index is -0.895. The second-order valence-electron chi connectivity index (χ2n) is 8.61. The molecule has 3 aromatic rings. The predicted molar refractivity (Wildman–Crippen MR) is 110 cm³/mol. The van der Waals surface area contributed by atoms with Gasteiger partial charge in [0.15, 0.2) is 23.2 Å². The molecular weight excluding hydrogens is 402 g/mol. The van der Waals surface area contributed by atoms with E-state index >= 15 is 0 Å². The molecule has 0 radical (unpaired) electrons. The van der Waals surface area contributed by atoms with Gasteiger partial charge >= 0.3 is 6.09 Å². The zero-order valence-corrected chi connectivity index (χ0v) is 17.9. The molecule has 12 heteroatoms. The number of amides is 1. The molecule has 0 atom stereocenters. The van der Waals surface area contributed by atoms with Crippen LogP contribution < -0.4 is 5.73 Å². The van der Waals surface area contributed by atoms with Gasteiger partial charge in [0.2, 0.25) is 5.89 Å². The Morgan fingerprint density at radius 2 is 1.94 bits per heavy atom. The van der Waals surface area contributed by atoms with Gasteiger partial charge in [-0.15, -0.1) is 10.2 Å². The maximum absolute atomic E-state index is 11.1. The first-order chi connectivity index (χ1) is 14.6. The highest BCUT2D eigenvalue weighted by molar-refractivity contribution is 5.66. The minimum Gasteiger partial charge on any atom is -0.465 e. The molecule has 1 saturated heterocycles. The highest BCUT2D eigenvalue weighted by Gasteiger charge is 2.28. The molecule has 0 spiro atoms. The number of hydrogen-bond donors (Lipinski definition) is 2. The Balaban J connectivity index is 1.62. The highest BCUT2D eigenvalue weighted by atomic mass is 16.4. The Morgan fingerprint density at radius 3 is 2.55 bits per heavy atom. The maximum Gasteiger partial charge on any atom is 0.407 e. The monoisotopic (exact) mass is 427 g/mol. The second-order valence-corrected chi connectivity index (χ2v) is 8.61. The summed E-state index contributed by atoms with van der Waals surface area (Å²) in [6.45, 7) is 6.84. The SMILES string of the molecule is Cn1nc(C2CCN(C(=O)O)CC2)nc1-c1cnc(N)c(-c2nnc(C(C)(C)C)o2)n1. The van der Waals surface area contributed by atoms with Gasteiger partial charge in [0, 0.05) is 31.5 Å². The molecule has 164 valence electrons. The van der Waals surface area contributed by atoms with Gasteiger partial charge in [-0.1, -0.05) is 20.8 Å². The molecule has 3 N–H and O–H groups in total. The summed E-state index contributed by atoms with van der Waals surface area (Å²) in [5.74, 6) is 2.12. The van der Waals surface area contributed by atoms with Crippen LogP contribution in [0.2, 0.25) is 0 Å². The fourth-order valence-corrected chi connectivity index (χ4v) is 3.41. The summed E-state index contributed by atoms with van der Waals surface area (Å²) in [6.07, 6.45) is 1.98. The molecule has 0 aromatic carbocycles. The number of nitrogens with two attached hydrogens (primary N) is 1. The van der Waals surface area contributed by atoms with E-state index in [0.717, 1.165) is 0 Å². The van der Waals surface area contributed by atoms with E-state index in [-0.39, 0.29) is 23.0 Å². The van der Waals surface area contributed by atoms with Gasteiger partial charge in [-0.25, -0.2) is 24.4 Å². The van der Waals surface area contributed by atoms with Crippen molar-refractivity contribution >= 4 is 11.9 Å². The number of aromatic nitrogens is 7. The summed E-state index contributed by atoms with van der Waals surface area (Å²) in [5, 5.41) is 21.8. The first kappa shape index (κ1) is 20.7. The van der Waals surface area contributed by atoms with Crippen LogP contribution in [0.25, 0.3) is 23.1 Å². The summed E-state index contributed by atoms with van der Waals surface area (Å²) in [7, 11) is 1.78. The van der Waals surface area contributed by atoms with Crippen LogP contribution >= 0.6 is 0 Å². The van der Waals surface area contributed by atoms with Crippen molar-refractivity contribution < 1.29 is 14.3 Å². The van der Waals surface area contributed by atoms with E-state index in [1.54, 1.807) is 11.7 Å². The molecule has 4 rings (SSSR count). The van der Waals surface area contributed by atoms with Crippen LogP contribution in [-0.2, 0) is 12.5 Å². The van der Waals surface area contributed by atoms with Gasteiger partial charge < -0.3 is 20.2 Å². The van der Waals surface area contributed by atoms with Gasteiger partial charge in [-0.05, 0) is 12.8 Å². The molecule has 0 bridgehead atoms. The number of nitrogens with zero attached hydrogens (tertiary/aromatic N) is 8. The Morgan fingerprint density at radius 1 is 1.23 bits per heavy atom. The van der Waals surface area contributed by atoms with E-state index in [1.807, 2.05) is 20.8 Å². The lowest BCUT2D eigenvalue weighted by Crippen LogP contribution is -2.37. The molecular formula is C19H25N9O3. The van der Waals surface area contributed by atoms with Crippen molar-refractivity contribution in [2.24, 2.45) is 7.05 Å². The molecule has 3 aromatic heterocycles. The summed E-state index contributed by atoms with van der Waals surface area (Å²) >= 11 is 0. The Bertz CT molecular complexity index is 1110. The first-order valence-electron chi connectivity index (χ1n) is 9.99. The second kappa shape index (κ2) is 7.60. The molecule has 0 aliphatic carbocycles. The molecule has 1 fully saturated rings. The van der Waals surface area contributed by atoms with Gasteiger partial charge in [0.1, 0.15) is 5.69 Å². The number of carboxylic acid groups (broad SMARTS) is 1. The smallest absolute Gasteiger partial charge is 0.407 e. The van der Waals surface area contributed by atoms with Gasteiger partial charge in [-0.2, -0.15) is 5.10 Å². The van der Waals surface area contributed by atoms with Gasteiger partial charge in [0.25, 0.3) is 5.89 Å². The number of carbonyl (C=O) groups is 1. The van der Waals surface area contributed by atoms with Crippen molar-refractivity contribution in [2.45, 2.75) is 44.9 Å². The average Bonchev–Trinajstić information content (AvgIpc) is 3.36. The third kappa shape index (κ3) is 4.05. The third-order valence-corrected chi connectivity index (χ3v) is 5.21. The largest absolute Gasteiger partial charge is 0.465 e. The van der Waals surface area contributed by atoms with Crippen LogP contribution in [0.15, 0.2) is 10.6 Å². The number of aryl methyl sites for hydroxylation is 1. The molecule has 0 unspecified atom stereocenters. The zero-order chi connectivity index (χ0) is 22.3. The quantitative estimate of drug-likeness (QED) is 0.632. The van der Waals surface area contributed by atoms with Crippen LogP contribution in [0.1, 0.15) is 51.2 Å². The van der Waals surface area contributed by atoms with E-state index in [1.165, 1.54) is 11.1 Å². The number of hydrogen-bond acceptors (Lipinski definition) is 9. The summed E-state index contributed by atoms with van der Waals surface area (Å²) in [5.41, 5.74) is 6.48. The van der Waals surface area contributed by atoms with E-state index in [0.29, 0.717) is 54.9 Å². The zero-order valence-electron chi connectivity index (χ0n) is 17.9. The summed E-state index contributed by atoms with van der Waals surface area (Å²) < 4.78 is 7.40. The standard InChI is InChI=1S/C19H25N9O3/c1-19(2,3)17-25-24-16(31-17)12-13(20)21-9-11(22-12)15-23-14(26-27(15)4)10-5-7-28(8-6-10)18(29)30/h9-10H,5-8H2,1-4H3,(H2,20,21)(H,29,30). The number of piperidine rings is 1. The van der Waals surface area contributed by atoms with E-state index < -0.39 is 6.09 Å². The third-order valence-electron chi connectivity index (χ3n) is 5.21. The van der Waals surface area contributed by atoms with Crippen LogP contribution in [0.3, 0.4) is 0 Å². The Labute approximate surface area is 178 Å². The van der Waals surface area contributed by atoms with Crippen molar-refractivity contribution in [1.82, 2.24) is 39.8 Å². The molecule has 31 heavy (non-hydrogen) atoms. The predicted octanol–water partition coefficient (Wildman–Crippen LogP) is 2.06. The number of anilines is 1. The van der Waals surface area contributed by atoms with Crippen molar-refractivity contribution in [3.8, 4) is 23.1 Å². The highest BCUT2D eigenvalue weighted by Crippen LogP contribution is 2.30. The number of nitrogen functional groups attached to an aromatic ring is 1. The van der Waals surface area contributed by atoms with E-state index in [4.69, 9.17) is 15.3 Å². The Hall–Kier alpha value is -3.57. The van der Waals surface area contributed by atoms with E-state index in [9.17, 15) is 4.79 Å². The normalized spacial score (nSPS) is 15.4.